The van der Waals surface area contributed by atoms with E-state index in [1.807, 2.05) is 11.8 Å². The molecule has 1 aliphatic rings. The van der Waals surface area contributed by atoms with Gasteiger partial charge < -0.3 is 11.1 Å². The van der Waals surface area contributed by atoms with Crippen molar-refractivity contribution in [2.24, 2.45) is 5.73 Å². The Morgan fingerprint density at radius 1 is 1.86 bits per heavy atom. The minimum Gasteiger partial charge on any atom is -0.351 e. The molecule has 1 rings (SSSR count). The molecule has 3 atom stereocenters. The summed E-state index contributed by atoms with van der Waals surface area (Å²) in [6.07, 6.45) is 6.42. The first-order valence-electron chi connectivity index (χ1n) is 4.76. The SMILES string of the molecule is C#CCC(N)C(=O)NC1CCSC1C. The van der Waals surface area contributed by atoms with Crippen LogP contribution in [0, 0.1) is 12.3 Å². The lowest BCUT2D eigenvalue weighted by atomic mass is 10.1. The summed E-state index contributed by atoms with van der Waals surface area (Å²) in [6.45, 7) is 2.12. The van der Waals surface area contributed by atoms with Crippen molar-refractivity contribution in [1.82, 2.24) is 5.32 Å². The second-order valence-corrected chi connectivity index (χ2v) is 4.98. The van der Waals surface area contributed by atoms with Crippen LogP contribution < -0.4 is 11.1 Å². The van der Waals surface area contributed by atoms with Crippen molar-refractivity contribution in [1.29, 1.82) is 0 Å². The first-order valence-corrected chi connectivity index (χ1v) is 5.81. The summed E-state index contributed by atoms with van der Waals surface area (Å²) in [5, 5.41) is 3.42. The van der Waals surface area contributed by atoms with Gasteiger partial charge in [0.25, 0.3) is 0 Å². The highest BCUT2D eigenvalue weighted by Crippen LogP contribution is 2.25. The number of amides is 1. The maximum absolute atomic E-state index is 11.5. The predicted molar refractivity (Wildman–Crippen MR) is 59.9 cm³/mol. The molecule has 14 heavy (non-hydrogen) atoms. The lowest BCUT2D eigenvalue weighted by Gasteiger charge is -2.18. The summed E-state index contributed by atoms with van der Waals surface area (Å²) in [5.41, 5.74) is 5.59. The molecule has 1 aliphatic heterocycles. The number of hydrogen-bond acceptors (Lipinski definition) is 3. The summed E-state index contributed by atoms with van der Waals surface area (Å²) < 4.78 is 0. The van der Waals surface area contributed by atoms with Gasteiger partial charge in [0.1, 0.15) is 0 Å². The van der Waals surface area contributed by atoms with Gasteiger partial charge in [0, 0.05) is 17.7 Å². The average molecular weight is 212 g/mol. The van der Waals surface area contributed by atoms with Crippen LogP contribution in [0.4, 0.5) is 0 Å². The fourth-order valence-corrected chi connectivity index (χ4v) is 2.63. The number of thioether (sulfide) groups is 1. The third-order valence-corrected chi connectivity index (χ3v) is 3.70. The van der Waals surface area contributed by atoms with Crippen LogP contribution in [0.25, 0.3) is 0 Å². The molecule has 0 spiro atoms. The molecule has 1 fully saturated rings. The van der Waals surface area contributed by atoms with Gasteiger partial charge in [-0.3, -0.25) is 4.79 Å². The van der Waals surface area contributed by atoms with E-state index in [9.17, 15) is 4.79 Å². The van der Waals surface area contributed by atoms with Crippen LogP contribution >= 0.6 is 11.8 Å². The summed E-state index contributed by atoms with van der Waals surface area (Å²) in [6, 6.07) is -0.297. The summed E-state index contributed by atoms with van der Waals surface area (Å²) >= 11 is 1.88. The molecule has 3 nitrogen and oxygen atoms in total. The zero-order valence-electron chi connectivity index (χ0n) is 8.32. The summed E-state index contributed by atoms with van der Waals surface area (Å²) in [4.78, 5) is 11.5. The molecule has 78 valence electrons. The van der Waals surface area contributed by atoms with Crippen molar-refractivity contribution in [2.75, 3.05) is 5.75 Å². The third-order valence-electron chi connectivity index (χ3n) is 2.38. The number of terminal acetylenes is 1. The van der Waals surface area contributed by atoms with E-state index in [1.165, 1.54) is 0 Å². The number of rotatable bonds is 3. The van der Waals surface area contributed by atoms with E-state index in [0.29, 0.717) is 11.7 Å². The number of carbonyl (C=O) groups is 1. The Balaban J connectivity index is 2.36. The van der Waals surface area contributed by atoms with E-state index < -0.39 is 6.04 Å². The Bertz CT molecular complexity index is 249. The fourth-order valence-electron chi connectivity index (χ4n) is 1.43. The molecule has 0 saturated carbocycles. The predicted octanol–water partition coefficient (Wildman–Crippen LogP) is 0.347. The van der Waals surface area contributed by atoms with E-state index in [4.69, 9.17) is 12.2 Å². The van der Waals surface area contributed by atoms with Gasteiger partial charge in [-0.1, -0.05) is 6.92 Å². The van der Waals surface area contributed by atoms with Crippen LogP contribution in [0.1, 0.15) is 19.8 Å². The van der Waals surface area contributed by atoms with Crippen LogP contribution in [0.2, 0.25) is 0 Å². The van der Waals surface area contributed by atoms with E-state index >= 15 is 0 Å². The van der Waals surface area contributed by atoms with E-state index in [1.54, 1.807) is 0 Å². The van der Waals surface area contributed by atoms with Crippen LogP contribution in [-0.4, -0.2) is 29.0 Å². The number of nitrogens with two attached hydrogens (primary N) is 1. The van der Waals surface area contributed by atoms with Crippen LogP contribution in [0.3, 0.4) is 0 Å². The molecule has 0 aromatic heterocycles. The molecule has 1 saturated heterocycles. The average Bonchev–Trinajstić information content (AvgIpc) is 2.52. The zero-order chi connectivity index (χ0) is 10.6. The highest BCUT2D eigenvalue weighted by molar-refractivity contribution is 8.00. The maximum atomic E-state index is 11.5. The highest BCUT2D eigenvalue weighted by Gasteiger charge is 2.26. The minimum absolute atomic E-state index is 0.123. The Hall–Kier alpha value is -0.660. The van der Waals surface area contributed by atoms with Crippen molar-refractivity contribution in [2.45, 2.75) is 37.1 Å². The standard InChI is InChI=1S/C10H16N2OS/c1-3-4-8(11)10(13)12-9-5-6-14-7(9)2/h1,7-9H,4-6,11H2,2H3,(H,12,13). The molecule has 0 radical (unpaired) electrons. The van der Waals surface area contributed by atoms with Crippen LogP contribution in [-0.2, 0) is 4.79 Å². The molecular weight excluding hydrogens is 196 g/mol. The van der Waals surface area contributed by atoms with Crippen molar-refractivity contribution < 1.29 is 4.79 Å². The Morgan fingerprint density at radius 2 is 2.57 bits per heavy atom. The molecule has 4 heteroatoms. The number of nitrogens with one attached hydrogen (secondary N) is 1. The second kappa shape index (κ2) is 5.28. The van der Waals surface area contributed by atoms with Gasteiger partial charge in [-0.15, -0.1) is 12.3 Å². The van der Waals surface area contributed by atoms with Gasteiger partial charge in [0.05, 0.1) is 6.04 Å². The van der Waals surface area contributed by atoms with Gasteiger partial charge >= 0.3 is 0 Å². The minimum atomic E-state index is -0.558. The van der Waals surface area contributed by atoms with Gasteiger partial charge in [-0.05, 0) is 12.2 Å². The topological polar surface area (TPSA) is 55.1 Å². The van der Waals surface area contributed by atoms with Crippen molar-refractivity contribution >= 4 is 17.7 Å². The summed E-state index contributed by atoms with van der Waals surface area (Å²) in [7, 11) is 0. The number of carbonyl (C=O) groups excluding carboxylic acids is 1. The fraction of sp³-hybridized carbons (Fsp3) is 0.700. The molecule has 1 amide bonds. The van der Waals surface area contributed by atoms with Gasteiger partial charge in [-0.2, -0.15) is 11.8 Å². The normalized spacial score (nSPS) is 28.1. The largest absolute Gasteiger partial charge is 0.351 e. The molecular formula is C10H16N2OS. The quantitative estimate of drug-likeness (QED) is 0.664. The van der Waals surface area contributed by atoms with E-state index in [2.05, 4.69) is 18.2 Å². The zero-order valence-corrected chi connectivity index (χ0v) is 9.14. The lowest BCUT2D eigenvalue weighted by Crippen LogP contribution is -2.46. The van der Waals surface area contributed by atoms with Crippen molar-refractivity contribution in [3.05, 3.63) is 0 Å². The Kier molecular flexibility index (Phi) is 4.30. The molecule has 0 aromatic rings. The second-order valence-electron chi connectivity index (χ2n) is 3.49. The van der Waals surface area contributed by atoms with Crippen molar-refractivity contribution in [3.63, 3.8) is 0 Å². The monoisotopic (exact) mass is 212 g/mol. The van der Waals surface area contributed by atoms with E-state index in [-0.39, 0.29) is 11.9 Å². The van der Waals surface area contributed by atoms with Gasteiger partial charge in [0.15, 0.2) is 0 Å². The van der Waals surface area contributed by atoms with E-state index in [0.717, 1.165) is 12.2 Å². The third kappa shape index (κ3) is 2.93. The van der Waals surface area contributed by atoms with Gasteiger partial charge in [-0.25, -0.2) is 0 Å². The highest BCUT2D eigenvalue weighted by atomic mass is 32.2. The smallest absolute Gasteiger partial charge is 0.238 e. The summed E-state index contributed by atoms with van der Waals surface area (Å²) in [5.74, 6) is 3.38. The van der Waals surface area contributed by atoms with Crippen LogP contribution in [0.5, 0.6) is 0 Å². The molecule has 0 bridgehead atoms. The Morgan fingerprint density at radius 3 is 3.07 bits per heavy atom. The molecule has 3 N–H and O–H groups in total. The van der Waals surface area contributed by atoms with Crippen LogP contribution in [0.15, 0.2) is 0 Å². The Labute approximate surface area is 89.2 Å². The molecule has 1 heterocycles. The van der Waals surface area contributed by atoms with Crippen molar-refractivity contribution in [3.8, 4) is 12.3 Å². The maximum Gasteiger partial charge on any atom is 0.238 e. The first-order chi connectivity index (χ1) is 6.65. The molecule has 3 unspecified atom stereocenters. The lowest BCUT2D eigenvalue weighted by molar-refractivity contribution is -0.122. The molecule has 0 aromatic carbocycles. The first kappa shape index (κ1) is 11.4. The number of hydrogen-bond donors (Lipinski definition) is 2. The van der Waals surface area contributed by atoms with Gasteiger partial charge in [0.2, 0.25) is 5.91 Å². The molecule has 0 aliphatic carbocycles.